The molecule has 3 nitrogen and oxygen atoms in total. The smallest absolute Gasteiger partial charge is 0.246 e. The van der Waals surface area contributed by atoms with Crippen LogP contribution >= 0.6 is 0 Å². The van der Waals surface area contributed by atoms with Gasteiger partial charge in [-0.3, -0.25) is 9.59 Å². The zero-order chi connectivity index (χ0) is 8.97. The zero-order valence-electron chi connectivity index (χ0n) is 7.25. The third kappa shape index (κ3) is 2.19. The first-order valence-corrected chi connectivity index (χ1v) is 4.24. The van der Waals surface area contributed by atoms with Gasteiger partial charge in [0.25, 0.3) is 0 Å². The average Bonchev–Trinajstić information content (AvgIpc) is 1.97. The van der Waals surface area contributed by atoms with Gasteiger partial charge in [-0.15, -0.1) is 0 Å². The SMILES string of the molecule is CCC(=O)/C=C/C(=O)N1CCC1. The maximum Gasteiger partial charge on any atom is 0.246 e. The fourth-order valence-electron chi connectivity index (χ4n) is 0.924. The van der Waals surface area contributed by atoms with Gasteiger partial charge in [-0.05, 0) is 12.5 Å². The van der Waals surface area contributed by atoms with E-state index in [0.29, 0.717) is 6.42 Å². The third-order valence-corrected chi connectivity index (χ3v) is 1.93. The van der Waals surface area contributed by atoms with Crippen LogP contribution in [0.4, 0.5) is 0 Å². The number of likely N-dealkylation sites (tertiary alicyclic amines) is 1. The minimum Gasteiger partial charge on any atom is -0.339 e. The number of nitrogens with zero attached hydrogens (tertiary/aromatic N) is 1. The summed E-state index contributed by atoms with van der Waals surface area (Å²) in [6.45, 7) is 3.45. The van der Waals surface area contributed by atoms with Crippen molar-refractivity contribution < 1.29 is 9.59 Å². The van der Waals surface area contributed by atoms with Gasteiger partial charge in [0.15, 0.2) is 5.78 Å². The van der Waals surface area contributed by atoms with Crippen molar-refractivity contribution in [1.29, 1.82) is 0 Å². The molecule has 1 saturated heterocycles. The molecule has 0 aromatic rings. The van der Waals surface area contributed by atoms with E-state index in [1.807, 2.05) is 0 Å². The van der Waals surface area contributed by atoms with Gasteiger partial charge in [0, 0.05) is 25.6 Å². The van der Waals surface area contributed by atoms with E-state index in [0.717, 1.165) is 19.5 Å². The molecule has 0 radical (unpaired) electrons. The number of hydrogen-bond acceptors (Lipinski definition) is 2. The van der Waals surface area contributed by atoms with Crippen LogP contribution in [0.2, 0.25) is 0 Å². The molecule has 0 saturated carbocycles. The fourth-order valence-corrected chi connectivity index (χ4v) is 0.924. The van der Waals surface area contributed by atoms with Crippen molar-refractivity contribution in [2.45, 2.75) is 19.8 Å². The molecule has 0 aromatic heterocycles. The van der Waals surface area contributed by atoms with Gasteiger partial charge >= 0.3 is 0 Å². The highest BCUT2D eigenvalue weighted by molar-refractivity contribution is 5.97. The largest absolute Gasteiger partial charge is 0.339 e. The molecule has 3 heteroatoms. The predicted molar refractivity (Wildman–Crippen MR) is 45.6 cm³/mol. The number of ketones is 1. The Hall–Kier alpha value is -1.12. The Morgan fingerprint density at radius 3 is 2.42 bits per heavy atom. The molecule has 1 fully saturated rings. The Labute approximate surface area is 72.0 Å². The van der Waals surface area contributed by atoms with Crippen LogP contribution in [0, 0.1) is 0 Å². The molecule has 0 N–H and O–H groups in total. The molecule has 1 heterocycles. The first-order valence-electron chi connectivity index (χ1n) is 4.24. The molecule has 0 unspecified atom stereocenters. The van der Waals surface area contributed by atoms with Crippen molar-refractivity contribution in [3.8, 4) is 0 Å². The van der Waals surface area contributed by atoms with Crippen molar-refractivity contribution in [2.75, 3.05) is 13.1 Å². The highest BCUT2D eigenvalue weighted by atomic mass is 16.2. The van der Waals surface area contributed by atoms with E-state index in [1.54, 1.807) is 11.8 Å². The van der Waals surface area contributed by atoms with E-state index in [9.17, 15) is 9.59 Å². The molecule has 0 aliphatic carbocycles. The van der Waals surface area contributed by atoms with E-state index in [1.165, 1.54) is 12.2 Å². The van der Waals surface area contributed by atoms with Gasteiger partial charge in [-0.2, -0.15) is 0 Å². The standard InChI is InChI=1S/C9H13NO2/c1-2-8(11)4-5-9(12)10-6-3-7-10/h4-5H,2-3,6-7H2,1H3/b5-4+. The molecule has 1 amide bonds. The molecule has 0 bridgehead atoms. The Morgan fingerprint density at radius 2 is 2.00 bits per heavy atom. The maximum absolute atomic E-state index is 11.1. The number of hydrogen-bond donors (Lipinski definition) is 0. The molecule has 1 aliphatic heterocycles. The van der Waals surface area contributed by atoms with E-state index in [2.05, 4.69) is 0 Å². The summed E-state index contributed by atoms with van der Waals surface area (Å²) in [5.74, 6) is -0.0353. The van der Waals surface area contributed by atoms with E-state index in [4.69, 9.17) is 0 Å². The number of allylic oxidation sites excluding steroid dienone is 1. The molecule has 1 rings (SSSR count). The average molecular weight is 167 g/mol. The summed E-state index contributed by atoms with van der Waals surface area (Å²) in [6, 6.07) is 0. The quantitative estimate of drug-likeness (QED) is 0.582. The second-order valence-electron chi connectivity index (χ2n) is 2.83. The van der Waals surface area contributed by atoms with Gasteiger partial charge in [0.2, 0.25) is 5.91 Å². The van der Waals surface area contributed by atoms with Crippen LogP contribution in [-0.4, -0.2) is 29.7 Å². The molecular formula is C9H13NO2. The van der Waals surface area contributed by atoms with E-state index >= 15 is 0 Å². The topological polar surface area (TPSA) is 37.4 Å². The summed E-state index contributed by atoms with van der Waals surface area (Å²) in [6.07, 6.45) is 4.27. The second kappa shape index (κ2) is 4.04. The van der Waals surface area contributed by atoms with Crippen LogP contribution in [-0.2, 0) is 9.59 Å². The highest BCUT2D eigenvalue weighted by Crippen LogP contribution is 2.05. The van der Waals surface area contributed by atoms with Crippen molar-refractivity contribution in [3.05, 3.63) is 12.2 Å². The minimum atomic E-state index is -0.0388. The van der Waals surface area contributed by atoms with Gasteiger partial charge in [0.1, 0.15) is 0 Å². The Kier molecular flexibility index (Phi) is 3.02. The summed E-state index contributed by atoms with van der Waals surface area (Å²) < 4.78 is 0. The van der Waals surface area contributed by atoms with E-state index in [-0.39, 0.29) is 11.7 Å². The summed E-state index contributed by atoms with van der Waals surface area (Å²) in [4.78, 5) is 23.6. The minimum absolute atomic E-state index is 0.00359. The van der Waals surface area contributed by atoms with Crippen molar-refractivity contribution in [3.63, 3.8) is 0 Å². The monoisotopic (exact) mass is 167 g/mol. The Morgan fingerprint density at radius 1 is 1.33 bits per heavy atom. The third-order valence-electron chi connectivity index (χ3n) is 1.93. The van der Waals surface area contributed by atoms with Gasteiger partial charge < -0.3 is 4.90 Å². The fraction of sp³-hybridized carbons (Fsp3) is 0.556. The van der Waals surface area contributed by atoms with Crippen molar-refractivity contribution in [2.24, 2.45) is 0 Å². The lowest BCUT2D eigenvalue weighted by atomic mass is 10.2. The van der Waals surface area contributed by atoms with Crippen LogP contribution in [0.25, 0.3) is 0 Å². The van der Waals surface area contributed by atoms with Crippen LogP contribution in [0.1, 0.15) is 19.8 Å². The summed E-state index contributed by atoms with van der Waals surface area (Å²) >= 11 is 0. The summed E-state index contributed by atoms with van der Waals surface area (Å²) in [5.41, 5.74) is 0. The van der Waals surface area contributed by atoms with Gasteiger partial charge in [0.05, 0.1) is 0 Å². The number of carbonyl (C=O) groups is 2. The number of rotatable bonds is 3. The van der Waals surface area contributed by atoms with E-state index < -0.39 is 0 Å². The first-order chi connectivity index (χ1) is 5.74. The lowest BCUT2D eigenvalue weighted by Crippen LogP contribution is -2.41. The molecular weight excluding hydrogens is 154 g/mol. The molecule has 0 atom stereocenters. The lowest BCUT2D eigenvalue weighted by molar-refractivity contribution is -0.129. The van der Waals surface area contributed by atoms with Crippen LogP contribution in [0.3, 0.4) is 0 Å². The van der Waals surface area contributed by atoms with Crippen LogP contribution < -0.4 is 0 Å². The summed E-state index contributed by atoms with van der Waals surface area (Å²) in [7, 11) is 0. The number of carbonyl (C=O) groups excluding carboxylic acids is 2. The molecule has 66 valence electrons. The number of amides is 1. The maximum atomic E-state index is 11.1. The zero-order valence-corrected chi connectivity index (χ0v) is 7.25. The van der Waals surface area contributed by atoms with Crippen LogP contribution in [0.5, 0.6) is 0 Å². The molecule has 12 heavy (non-hydrogen) atoms. The van der Waals surface area contributed by atoms with Crippen molar-refractivity contribution in [1.82, 2.24) is 4.90 Å². The normalized spacial score (nSPS) is 16.2. The Bertz CT molecular complexity index is 217. The molecule has 0 aromatic carbocycles. The Balaban J connectivity index is 2.33. The molecule has 0 spiro atoms. The summed E-state index contributed by atoms with van der Waals surface area (Å²) in [5, 5.41) is 0. The first kappa shape index (κ1) is 8.97. The van der Waals surface area contributed by atoms with Gasteiger partial charge in [-0.1, -0.05) is 6.92 Å². The lowest BCUT2D eigenvalue weighted by Gasteiger charge is -2.29. The van der Waals surface area contributed by atoms with Crippen molar-refractivity contribution >= 4 is 11.7 Å². The highest BCUT2D eigenvalue weighted by Gasteiger charge is 2.17. The molecule has 1 aliphatic rings. The van der Waals surface area contributed by atoms with Crippen LogP contribution in [0.15, 0.2) is 12.2 Å². The van der Waals surface area contributed by atoms with Gasteiger partial charge in [-0.25, -0.2) is 0 Å². The second-order valence-corrected chi connectivity index (χ2v) is 2.83. The predicted octanol–water partition coefficient (Wildman–Crippen LogP) is 0.754.